The summed E-state index contributed by atoms with van der Waals surface area (Å²) in [6, 6.07) is 32.8. The number of hydrogen-bond donors (Lipinski definition) is 1. The molecule has 0 aromatic heterocycles. The van der Waals surface area contributed by atoms with Crippen molar-refractivity contribution in [3.63, 3.8) is 0 Å². The number of anilines is 2. The van der Waals surface area contributed by atoms with Crippen LogP contribution in [0.15, 0.2) is 114 Å². The SMILES string of the molecule is CNc1ccc(S(=O)(=O)N(Cc2ccccc2)c2ccc(Oc3ccccc3)cc2)cc1. The largest absolute Gasteiger partial charge is 0.457 e. The topological polar surface area (TPSA) is 58.6 Å². The molecular weight excluding hydrogens is 420 g/mol. The lowest BCUT2D eigenvalue weighted by molar-refractivity contribution is 0.482. The van der Waals surface area contributed by atoms with Crippen LogP contribution in [0.3, 0.4) is 0 Å². The van der Waals surface area contributed by atoms with Crippen LogP contribution in [0, 0.1) is 0 Å². The van der Waals surface area contributed by atoms with Crippen LogP contribution in [0.2, 0.25) is 0 Å². The van der Waals surface area contributed by atoms with Gasteiger partial charge < -0.3 is 10.1 Å². The molecule has 0 atom stereocenters. The van der Waals surface area contributed by atoms with Gasteiger partial charge in [0.05, 0.1) is 17.1 Å². The van der Waals surface area contributed by atoms with Crippen LogP contribution in [-0.4, -0.2) is 15.5 Å². The molecule has 0 aliphatic heterocycles. The van der Waals surface area contributed by atoms with Crippen LogP contribution in [0.4, 0.5) is 11.4 Å². The standard InChI is InChI=1S/C26H24N2O3S/c1-27-22-12-18-26(19-13-22)32(29,30)28(20-21-8-4-2-5-9-21)23-14-16-25(17-15-23)31-24-10-6-3-7-11-24/h2-19,27H,20H2,1H3. The molecule has 0 saturated carbocycles. The van der Waals surface area contributed by atoms with Gasteiger partial charge in [-0.15, -0.1) is 0 Å². The molecule has 0 saturated heterocycles. The van der Waals surface area contributed by atoms with E-state index in [9.17, 15) is 8.42 Å². The molecule has 0 unspecified atom stereocenters. The fourth-order valence-corrected chi connectivity index (χ4v) is 4.74. The molecule has 32 heavy (non-hydrogen) atoms. The summed E-state index contributed by atoms with van der Waals surface area (Å²) in [5, 5.41) is 3.01. The number of sulfonamides is 1. The third kappa shape index (κ3) is 4.92. The zero-order chi connectivity index (χ0) is 22.4. The normalized spacial score (nSPS) is 11.0. The van der Waals surface area contributed by atoms with Gasteiger partial charge in [0.25, 0.3) is 10.0 Å². The molecule has 162 valence electrons. The van der Waals surface area contributed by atoms with Gasteiger partial charge in [-0.05, 0) is 66.2 Å². The Morgan fingerprint density at radius 1 is 0.719 bits per heavy atom. The quantitative estimate of drug-likeness (QED) is 0.367. The van der Waals surface area contributed by atoms with Crippen LogP contribution in [0.1, 0.15) is 5.56 Å². The van der Waals surface area contributed by atoms with Crippen LogP contribution < -0.4 is 14.4 Å². The van der Waals surface area contributed by atoms with Crippen molar-refractivity contribution < 1.29 is 13.2 Å². The molecule has 1 N–H and O–H groups in total. The van der Waals surface area contributed by atoms with Gasteiger partial charge in [-0.2, -0.15) is 0 Å². The zero-order valence-electron chi connectivity index (χ0n) is 17.7. The molecule has 5 nitrogen and oxygen atoms in total. The highest BCUT2D eigenvalue weighted by molar-refractivity contribution is 7.92. The summed E-state index contributed by atoms with van der Waals surface area (Å²) in [6.45, 7) is 0.218. The first-order valence-corrected chi connectivity index (χ1v) is 11.7. The van der Waals surface area contributed by atoms with Gasteiger partial charge in [-0.3, -0.25) is 4.31 Å². The zero-order valence-corrected chi connectivity index (χ0v) is 18.5. The number of hydrogen-bond acceptors (Lipinski definition) is 4. The molecule has 4 aromatic rings. The smallest absolute Gasteiger partial charge is 0.264 e. The van der Waals surface area contributed by atoms with E-state index in [2.05, 4.69) is 5.32 Å². The highest BCUT2D eigenvalue weighted by Gasteiger charge is 2.25. The molecule has 0 heterocycles. The summed E-state index contributed by atoms with van der Waals surface area (Å²) in [6.07, 6.45) is 0. The second-order valence-corrected chi connectivity index (χ2v) is 9.04. The fraction of sp³-hybridized carbons (Fsp3) is 0.0769. The first-order valence-electron chi connectivity index (χ1n) is 10.2. The maximum atomic E-state index is 13.6. The minimum Gasteiger partial charge on any atom is -0.457 e. The predicted octanol–water partition coefficient (Wildman–Crippen LogP) is 5.92. The summed E-state index contributed by atoms with van der Waals surface area (Å²) in [7, 11) is -1.99. The lowest BCUT2D eigenvalue weighted by Crippen LogP contribution is -2.30. The second-order valence-electron chi connectivity index (χ2n) is 7.18. The molecule has 4 aromatic carbocycles. The maximum absolute atomic E-state index is 13.6. The number of nitrogens with one attached hydrogen (secondary N) is 1. The van der Waals surface area contributed by atoms with E-state index in [0.717, 1.165) is 17.0 Å². The minimum atomic E-state index is -3.78. The summed E-state index contributed by atoms with van der Waals surface area (Å²) in [5.74, 6) is 1.36. The number of rotatable bonds is 8. The molecule has 0 radical (unpaired) electrons. The van der Waals surface area contributed by atoms with E-state index in [-0.39, 0.29) is 11.4 Å². The van der Waals surface area contributed by atoms with Crippen molar-refractivity contribution in [2.24, 2.45) is 0 Å². The van der Waals surface area contributed by atoms with Crippen LogP contribution in [0.5, 0.6) is 11.5 Å². The van der Waals surface area contributed by atoms with Crippen molar-refractivity contribution in [1.29, 1.82) is 0 Å². The summed E-state index contributed by atoms with van der Waals surface area (Å²) in [4.78, 5) is 0.233. The van der Waals surface area contributed by atoms with Crippen LogP contribution in [-0.2, 0) is 16.6 Å². The molecule has 0 amide bonds. The Morgan fingerprint density at radius 3 is 1.88 bits per heavy atom. The maximum Gasteiger partial charge on any atom is 0.264 e. The third-order valence-electron chi connectivity index (χ3n) is 5.00. The summed E-state index contributed by atoms with van der Waals surface area (Å²) >= 11 is 0. The molecule has 0 bridgehead atoms. The molecule has 0 fully saturated rings. The van der Waals surface area contributed by atoms with E-state index in [1.165, 1.54) is 4.31 Å². The molecule has 0 aliphatic rings. The molecule has 0 aliphatic carbocycles. The van der Waals surface area contributed by atoms with Crippen molar-refractivity contribution in [3.05, 3.63) is 115 Å². The number of nitrogens with zero attached hydrogens (tertiary/aromatic N) is 1. The Morgan fingerprint density at radius 2 is 1.28 bits per heavy atom. The van der Waals surface area contributed by atoms with Crippen molar-refractivity contribution in [3.8, 4) is 11.5 Å². The van der Waals surface area contributed by atoms with E-state index in [0.29, 0.717) is 11.4 Å². The van der Waals surface area contributed by atoms with Gasteiger partial charge in [0.1, 0.15) is 11.5 Å². The molecule has 4 rings (SSSR count). The van der Waals surface area contributed by atoms with Gasteiger partial charge in [0.15, 0.2) is 0 Å². The van der Waals surface area contributed by atoms with E-state index < -0.39 is 10.0 Å². The van der Waals surface area contributed by atoms with Crippen LogP contribution >= 0.6 is 0 Å². The monoisotopic (exact) mass is 444 g/mol. The summed E-state index contributed by atoms with van der Waals surface area (Å²) < 4.78 is 34.4. The highest BCUT2D eigenvalue weighted by atomic mass is 32.2. The number of para-hydroxylation sites is 1. The van der Waals surface area contributed by atoms with Gasteiger partial charge in [0.2, 0.25) is 0 Å². The van der Waals surface area contributed by atoms with Crippen molar-refractivity contribution in [2.75, 3.05) is 16.7 Å². The lowest BCUT2D eigenvalue weighted by Gasteiger charge is -2.25. The minimum absolute atomic E-state index is 0.218. The average molecular weight is 445 g/mol. The second kappa shape index (κ2) is 9.58. The Balaban J connectivity index is 1.67. The lowest BCUT2D eigenvalue weighted by atomic mass is 10.2. The Bertz CT molecular complexity index is 1240. The highest BCUT2D eigenvalue weighted by Crippen LogP contribution is 2.30. The van der Waals surface area contributed by atoms with E-state index in [4.69, 9.17) is 4.74 Å². The van der Waals surface area contributed by atoms with Gasteiger partial charge in [-0.25, -0.2) is 8.42 Å². The van der Waals surface area contributed by atoms with Gasteiger partial charge >= 0.3 is 0 Å². The molecule has 0 spiro atoms. The predicted molar refractivity (Wildman–Crippen MR) is 129 cm³/mol. The summed E-state index contributed by atoms with van der Waals surface area (Å²) in [5.41, 5.74) is 2.31. The van der Waals surface area contributed by atoms with Gasteiger partial charge in [-0.1, -0.05) is 48.5 Å². The molecule has 6 heteroatoms. The Kier molecular flexibility index (Phi) is 6.42. The van der Waals surface area contributed by atoms with Crippen molar-refractivity contribution >= 4 is 21.4 Å². The fourth-order valence-electron chi connectivity index (χ4n) is 3.29. The number of ether oxygens (including phenoxy) is 1. The van der Waals surface area contributed by atoms with E-state index >= 15 is 0 Å². The van der Waals surface area contributed by atoms with Crippen molar-refractivity contribution in [1.82, 2.24) is 0 Å². The Labute approximate surface area is 189 Å². The van der Waals surface area contributed by atoms with Crippen molar-refractivity contribution in [2.45, 2.75) is 11.4 Å². The van der Waals surface area contributed by atoms with E-state index in [1.54, 1.807) is 55.6 Å². The third-order valence-corrected chi connectivity index (χ3v) is 6.79. The van der Waals surface area contributed by atoms with E-state index in [1.807, 2.05) is 60.7 Å². The Hall–Kier alpha value is -3.77. The number of benzene rings is 4. The van der Waals surface area contributed by atoms with Gasteiger partial charge in [0, 0.05) is 12.7 Å². The van der Waals surface area contributed by atoms with Crippen LogP contribution in [0.25, 0.3) is 0 Å². The first kappa shape index (κ1) is 21.5. The molecular formula is C26H24N2O3S. The first-order chi connectivity index (χ1) is 15.6. The average Bonchev–Trinajstić information content (AvgIpc) is 2.84.